The summed E-state index contributed by atoms with van der Waals surface area (Å²) in [7, 11) is 0. The van der Waals surface area contributed by atoms with Gasteiger partial charge in [-0.15, -0.1) is 10.2 Å². The molecule has 0 saturated heterocycles. The smallest absolute Gasteiger partial charge is 0.247 e. The van der Waals surface area contributed by atoms with Gasteiger partial charge in [0.05, 0.1) is 6.54 Å². The van der Waals surface area contributed by atoms with Crippen molar-refractivity contribution in [3.8, 4) is 11.5 Å². The first kappa shape index (κ1) is 20.3. The van der Waals surface area contributed by atoms with Crippen molar-refractivity contribution in [3.05, 3.63) is 64.5 Å². The topological polar surface area (TPSA) is 54.2 Å². The average molecular weight is 415 g/mol. The molecule has 0 spiro atoms. The quantitative estimate of drug-likeness (QED) is 0.547. The van der Waals surface area contributed by atoms with Gasteiger partial charge in [0.1, 0.15) is 0 Å². The highest BCUT2D eigenvalue weighted by molar-refractivity contribution is 7.80. The zero-order valence-corrected chi connectivity index (χ0v) is 17.9. The average Bonchev–Trinajstić information content (AvgIpc) is 3.11. The van der Waals surface area contributed by atoms with Crippen LogP contribution >= 0.6 is 23.8 Å². The fraction of sp³-hybridized carbons (Fsp3) is 0.286. The molecule has 0 saturated carbocycles. The van der Waals surface area contributed by atoms with E-state index in [9.17, 15) is 0 Å². The number of anilines is 1. The van der Waals surface area contributed by atoms with Gasteiger partial charge < -0.3 is 14.6 Å². The van der Waals surface area contributed by atoms with Crippen LogP contribution in [0.1, 0.15) is 30.9 Å². The molecule has 0 bridgehead atoms. The highest BCUT2D eigenvalue weighted by atomic mass is 35.5. The fourth-order valence-electron chi connectivity index (χ4n) is 2.72. The molecule has 0 atom stereocenters. The highest BCUT2D eigenvalue weighted by Crippen LogP contribution is 2.22. The zero-order valence-electron chi connectivity index (χ0n) is 16.4. The van der Waals surface area contributed by atoms with Gasteiger partial charge >= 0.3 is 0 Å². The van der Waals surface area contributed by atoms with Crippen molar-refractivity contribution in [3.63, 3.8) is 0 Å². The Morgan fingerprint density at radius 2 is 1.86 bits per heavy atom. The van der Waals surface area contributed by atoms with E-state index in [1.165, 1.54) is 5.56 Å². The molecule has 5 nitrogen and oxygen atoms in total. The SMILES string of the molecule is Cc1ccc(C)c(NC(=S)N(Cc2nnc(-c3ccc(Cl)cc3)o2)C(C)C)c1. The molecular weight excluding hydrogens is 392 g/mol. The molecule has 1 heterocycles. The number of aryl methyl sites for hydroxylation is 2. The lowest BCUT2D eigenvalue weighted by molar-refractivity contribution is 0.309. The summed E-state index contributed by atoms with van der Waals surface area (Å²) in [6.45, 7) is 8.70. The largest absolute Gasteiger partial charge is 0.419 e. The maximum absolute atomic E-state index is 5.94. The molecule has 3 aromatic rings. The Morgan fingerprint density at radius 1 is 1.14 bits per heavy atom. The maximum Gasteiger partial charge on any atom is 0.247 e. The van der Waals surface area contributed by atoms with Gasteiger partial charge in [-0.25, -0.2) is 0 Å². The molecule has 0 aliphatic heterocycles. The summed E-state index contributed by atoms with van der Waals surface area (Å²) >= 11 is 11.6. The summed E-state index contributed by atoms with van der Waals surface area (Å²) in [5.41, 5.74) is 4.15. The number of aromatic nitrogens is 2. The van der Waals surface area contributed by atoms with Gasteiger partial charge in [-0.3, -0.25) is 0 Å². The third-order valence-corrected chi connectivity index (χ3v) is 4.97. The van der Waals surface area contributed by atoms with Crippen LogP contribution in [-0.2, 0) is 6.54 Å². The van der Waals surface area contributed by atoms with Crippen LogP contribution in [-0.4, -0.2) is 26.3 Å². The molecule has 0 aliphatic rings. The number of halogens is 1. The standard InChI is InChI=1S/C21H23ClN4OS/c1-13(2)26(21(28)23-18-11-14(3)5-6-15(18)4)12-19-24-25-20(27-19)16-7-9-17(22)10-8-16/h5-11,13H,12H2,1-4H3,(H,23,28). The predicted octanol–water partition coefficient (Wildman–Crippen LogP) is 5.61. The van der Waals surface area contributed by atoms with Crippen LogP contribution < -0.4 is 5.32 Å². The molecule has 7 heteroatoms. The van der Waals surface area contributed by atoms with E-state index in [4.69, 9.17) is 28.2 Å². The summed E-state index contributed by atoms with van der Waals surface area (Å²) < 4.78 is 5.84. The Labute approximate surface area is 175 Å². The van der Waals surface area contributed by atoms with Crippen LogP contribution in [0.5, 0.6) is 0 Å². The van der Waals surface area contributed by atoms with Gasteiger partial charge in [0.15, 0.2) is 5.11 Å². The molecule has 0 amide bonds. The van der Waals surface area contributed by atoms with Crippen LogP contribution in [0.25, 0.3) is 11.5 Å². The molecule has 3 rings (SSSR count). The minimum atomic E-state index is 0.163. The summed E-state index contributed by atoms with van der Waals surface area (Å²) in [5, 5.41) is 13.0. The molecule has 0 aliphatic carbocycles. The summed E-state index contributed by atoms with van der Waals surface area (Å²) in [6.07, 6.45) is 0. The Morgan fingerprint density at radius 3 is 2.54 bits per heavy atom. The van der Waals surface area contributed by atoms with Crippen molar-refractivity contribution >= 4 is 34.6 Å². The summed E-state index contributed by atoms with van der Waals surface area (Å²) in [5.74, 6) is 0.965. The first-order valence-electron chi connectivity index (χ1n) is 9.06. The number of nitrogens with zero attached hydrogens (tertiary/aromatic N) is 3. The van der Waals surface area contributed by atoms with E-state index < -0.39 is 0 Å². The molecule has 2 aromatic carbocycles. The Balaban J connectivity index is 1.75. The predicted molar refractivity (Wildman–Crippen MR) is 118 cm³/mol. The van der Waals surface area contributed by atoms with Crippen molar-refractivity contribution in [2.75, 3.05) is 5.32 Å². The first-order chi connectivity index (χ1) is 13.3. The molecule has 146 valence electrons. The van der Waals surface area contributed by atoms with Gasteiger partial charge in [0.2, 0.25) is 11.8 Å². The van der Waals surface area contributed by atoms with E-state index in [1.54, 1.807) is 12.1 Å². The Bertz CT molecular complexity index is 969. The van der Waals surface area contributed by atoms with E-state index in [1.807, 2.05) is 17.0 Å². The van der Waals surface area contributed by atoms with Crippen molar-refractivity contribution < 1.29 is 4.42 Å². The lowest BCUT2D eigenvalue weighted by Crippen LogP contribution is -2.39. The second kappa shape index (κ2) is 8.71. The normalized spacial score (nSPS) is 10.9. The minimum Gasteiger partial charge on any atom is -0.419 e. The third kappa shape index (κ3) is 4.88. The molecule has 1 N–H and O–H groups in total. The van der Waals surface area contributed by atoms with Crippen LogP contribution in [0.2, 0.25) is 5.02 Å². The number of hydrogen-bond acceptors (Lipinski definition) is 4. The molecule has 0 radical (unpaired) electrons. The van der Waals surface area contributed by atoms with Gasteiger partial charge in [-0.2, -0.15) is 0 Å². The second-order valence-corrected chi connectivity index (χ2v) is 7.80. The van der Waals surface area contributed by atoms with Crippen molar-refractivity contribution in [1.82, 2.24) is 15.1 Å². The summed E-state index contributed by atoms with van der Waals surface area (Å²) in [6, 6.07) is 13.7. The monoisotopic (exact) mass is 414 g/mol. The zero-order chi connectivity index (χ0) is 20.3. The van der Waals surface area contributed by atoms with E-state index in [0.29, 0.717) is 28.5 Å². The van der Waals surface area contributed by atoms with Crippen molar-refractivity contribution in [1.29, 1.82) is 0 Å². The molecule has 0 fully saturated rings. The molecule has 28 heavy (non-hydrogen) atoms. The van der Waals surface area contributed by atoms with E-state index in [2.05, 4.69) is 61.4 Å². The minimum absolute atomic E-state index is 0.163. The fourth-order valence-corrected chi connectivity index (χ4v) is 3.23. The van der Waals surface area contributed by atoms with Gasteiger partial charge in [0.25, 0.3) is 0 Å². The Kier molecular flexibility index (Phi) is 6.31. The lowest BCUT2D eigenvalue weighted by atomic mass is 10.1. The maximum atomic E-state index is 5.94. The highest BCUT2D eigenvalue weighted by Gasteiger charge is 2.19. The lowest BCUT2D eigenvalue weighted by Gasteiger charge is -2.28. The molecule has 0 unspecified atom stereocenters. The molecular formula is C21H23ClN4OS. The van der Waals surface area contributed by atoms with Gasteiger partial charge in [-0.1, -0.05) is 23.7 Å². The summed E-state index contributed by atoms with van der Waals surface area (Å²) in [4.78, 5) is 2.02. The number of benzene rings is 2. The number of rotatable bonds is 5. The van der Waals surface area contributed by atoms with E-state index in [-0.39, 0.29) is 6.04 Å². The van der Waals surface area contributed by atoms with Gasteiger partial charge in [0, 0.05) is 22.3 Å². The van der Waals surface area contributed by atoms with Crippen LogP contribution in [0.3, 0.4) is 0 Å². The van der Waals surface area contributed by atoms with Crippen molar-refractivity contribution in [2.45, 2.75) is 40.3 Å². The number of thiocarbonyl (C=S) groups is 1. The van der Waals surface area contributed by atoms with E-state index >= 15 is 0 Å². The first-order valence-corrected chi connectivity index (χ1v) is 9.85. The number of nitrogens with one attached hydrogen (secondary N) is 1. The van der Waals surface area contributed by atoms with Gasteiger partial charge in [-0.05, 0) is 81.4 Å². The van der Waals surface area contributed by atoms with Crippen LogP contribution in [0.4, 0.5) is 5.69 Å². The molecule has 1 aromatic heterocycles. The number of hydrogen-bond donors (Lipinski definition) is 1. The second-order valence-electron chi connectivity index (χ2n) is 6.98. The Hall–Kier alpha value is -2.44. The van der Waals surface area contributed by atoms with Crippen molar-refractivity contribution in [2.24, 2.45) is 0 Å². The van der Waals surface area contributed by atoms with Crippen LogP contribution in [0.15, 0.2) is 46.9 Å². The van der Waals surface area contributed by atoms with Crippen LogP contribution in [0, 0.1) is 13.8 Å². The van der Waals surface area contributed by atoms with E-state index in [0.717, 1.165) is 16.8 Å². The third-order valence-electron chi connectivity index (χ3n) is 4.38.